The topological polar surface area (TPSA) is 95.7 Å². The van der Waals surface area contributed by atoms with E-state index in [9.17, 15) is 19.1 Å². The minimum atomic E-state index is -1.06. The minimum Gasteiger partial charge on any atom is -0.480 e. The summed E-state index contributed by atoms with van der Waals surface area (Å²) in [5, 5.41) is 11.9. The molecule has 0 aliphatic rings. The third-order valence-electron chi connectivity index (χ3n) is 3.83. The van der Waals surface area contributed by atoms with Crippen molar-refractivity contribution < 1.29 is 19.1 Å². The molecular weight excluding hydrogens is 313 g/mol. The molecule has 0 aliphatic heterocycles. The Morgan fingerprint density at radius 2 is 1.88 bits per heavy atom. The van der Waals surface area contributed by atoms with Gasteiger partial charge in [0.2, 0.25) is 5.91 Å². The summed E-state index contributed by atoms with van der Waals surface area (Å²) in [6.07, 6.45) is 2.06. The number of hydrogen-bond donors (Lipinski definition) is 3. The van der Waals surface area contributed by atoms with Crippen LogP contribution in [0.25, 0.3) is 0 Å². The molecule has 0 radical (unpaired) electrons. The molecule has 0 saturated heterocycles. The molecule has 0 unspecified atom stereocenters. The van der Waals surface area contributed by atoms with Gasteiger partial charge in [-0.25, -0.2) is 9.18 Å². The van der Waals surface area contributed by atoms with E-state index < -0.39 is 18.1 Å². The first kappa shape index (κ1) is 20.1. The van der Waals surface area contributed by atoms with E-state index in [1.165, 1.54) is 12.1 Å². The maximum atomic E-state index is 13.0. The van der Waals surface area contributed by atoms with Crippen LogP contribution in [-0.2, 0) is 16.0 Å². The normalized spacial score (nSPS) is 13.5. The molecule has 0 aromatic heterocycles. The maximum Gasteiger partial charge on any atom is 0.326 e. The minimum absolute atomic E-state index is 0.338. The standard InChI is InChI=1S/C17H26FN3O3/c1-21(2)15(11-12-6-8-13(18)9-7-12)16(22)20-14(17(23)24)5-3-4-10-19/h6-9,14-15H,3-5,10-11,19H2,1-2H3,(H,20,22)(H,23,24)/t14-,15-/m0/s1. The number of likely N-dealkylation sites (N-methyl/N-ethyl adjacent to an activating group) is 1. The van der Waals surface area contributed by atoms with Crippen molar-refractivity contribution in [2.45, 2.75) is 37.8 Å². The number of hydrogen-bond acceptors (Lipinski definition) is 4. The lowest BCUT2D eigenvalue weighted by Crippen LogP contribution is -2.50. The molecule has 24 heavy (non-hydrogen) atoms. The van der Waals surface area contributed by atoms with Gasteiger partial charge in [0.05, 0.1) is 6.04 Å². The number of nitrogens with two attached hydrogens (primary N) is 1. The quantitative estimate of drug-likeness (QED) is 0.553. The molecule has 2 atom stereocenters. The number of carboxylic acids is 1. The van der Waals surface area contributed by atoms with Crippen LogP contribution in [0.5, 0.6) is 0 Å². The van der Waals surface area contributed by atoms with Gasteiger partial charge in [-0.15, -0.1) is 0 Å². The summed E-state index contributed by atoms with van der Waals surface area (Å²) in [5.74, 6) is -1.75. The van der Waals surface area contributed by atoms with Gasteiger partial charge in [0.1, 0.15) is 11.9 Å². The van der Waals surface area contributed by atoms with Crippen molar-refractivity contribution >= 4 is 11.9 Å². The number of nitrogens with one attached hydrogen (secondary N) is 1. The molecule has 134 valence electrons. The number of unbranched alkanes of at least 4 members (excludes halogenated alkanes) is 1. The Kier molecular flexibility index (Phi) is 8.35. The first-order valence-electron chi connectivity index (χ1n) is 7.99. The van der Waals surface area contributed by atoms with Gasteiger partial charge in [-0.1, -0.05) is 12.1 Å². The molecule has 1 rings (SSSR count). The van der Waals surface area contributed by atoms with Gasteiger partial charge < -0.3 is 16.2 Å². The average Bonchev–Trinajstić information content (AvgIpc) is 2.52. The van der Waals surface area contributed by atoms with Crippen molar-refractivity contribution in [3.63, 3.8) is 0 Å². The van der Waals surface area contributed by atoms with Crippen molar-refractivity contribution in [1.82, 2.24) is 10.2 Å². The Morgan fingerprint density at radius 3 is 2.38 bits per heavy atom. The van der Waals surface area contributed by atoms with Crippen molar-refractivity contribution in [3.05, 3.63) is 35.6 Å². The van der Waals surface area contributed by atoms with E-state index in [4.69, 9.17) is 5.73 Å². The smallest absolute Gasteiger partial charge is 0.326 e. The van der Waals surface area contributed by atoms with E-state index in [0.29, 0.717) is 32.2 Å². The van der Waals surface area contributed by atoms with Gasteiger partial charge in [0, 0.05) is 0 Å². The molecular formula is C17H26FN3O3. The number of carbonyl (C=O) groups is 2. The number of carboxylic acid groups (broad SMARTS) is 1. The summed E-state index contributed by atoms with van der Waals surface area (Å²) in [6.45, 7) is 0.491. The number of aliphatic carboxylic acids is 1. The number of amides is 1. The first-order chi connectivity index (χ1) is 11.3. The highest BCUT2D eigenvalue weighted by Gasteiger charge is 2.26. The lowest BCUT2D eigenvalue weighted by Gasteiger charge is -2.25. The largest absolute Gasteiger partial charge is 0.480 e. The summed E-state index contributed by atoms with van der Waals surface area (Å²) in [7, 11) is 3.50. The summed E-state index contributed by atoms with van der Waals surface area (Å²) in [6, 6.07) is 4.45. The molecule has 0 spiro atoms. The lowest BCUT2D eigenvalue weighted by atomic mass is 10.0. The van der Waals surface area contributed by atoms with Crippen molar-refractivity contribution in [2.24, 2.45) is 5.73 Å². The Bertz CT molecular complexity index is 534. The zero-order valence-electron chi connectivity index (χ0n) is 14.2. The average molecular weight is 339 g/mol. The molecule has 0 fully saturated rings. The summed E-state index contributed by atoms with van der Waals surface area (Å²) in [5.41, 5.74) is 6.21. The summed E-state index contributed by atoms with van der Waals surface area (Å²) in [4.78, 5) is 25.5. The van der Waals surface area contributed by atoms with E-state index in [-0.39, 0.29) is 11.7 Å². The van der Waals surface area contributed by atoms with Gasteiger partial charge in [-0.2, -0.15) is 0 Å². The molecule has 7 heteroatoms. The van der Waals surface area contributed by atoms with Crippen molar-refractivity contribution in [3.8, 4) is 0 Å². The van der Waals surface area contributed by atoms with Crippen LogP contribution in [0, 0.1) is 5.82 Å². The van der Waals surface area contributed by atoms with E-state index in [0.717, 1.165) is 5.56 Å². The summed E-state index contributed by atoms with van der Waals surface area (Å²) < 4.78 is 13.0. The SMILES string of the molecule is CN(C)[C@@H](Cc1ccc(F)cc1)C(=O)N[C@@H](CCCCN)C(=O)O. The molecule has 0 saturated carbocycles. The van der Waals surface area contributed by atoms with E-state index in [2.05, 4.69) is 5.32 Å². The fourth-order valence-electron chi connectivity index (χ4n) is 2.37. The zero-order valence-corrected chi connectivity index (χ0v) is 14.2. The van der Waals surface area contributed by atoms with E-state index in [1.807, 2.05) is 0 Å². The second-order valence-electron chi connectivity index (χ2n) is 5.99. The van der Waals surface area contributed by atoms with Crippen LogP contribution in [0.15, 0.2) is 24.3 Å². The molecule has 6 nitrogen and oxygen atoms in total. The number of benzene rings is 1. The van der Waals surface area contributed by atoms with E-state index >= 15 is 0 Å². The highest BCUT2D eigenvalue weighted by atomic mass is 19.1. The van der Waals surface area contributed by atoms with Gasteiger partial charge in [0.15, 0.2) is 0 Å². The third kappa shape index (κ3) is 6.64. The second kappa shape index (κ2) is 10.00. The second-order valence-corrected chi connectivity index (χ2v) is 5.99. The fourth-order valence-corrected chi connectivity index (χ4v) is 2.37. The van der Waals surface area contributed by atoms with Crippen molar-refractivity contribution in [2.75, 3.05) is 20.6 Å². The Labute approximate surface area is 141 Å². The number of rotatable bonds is 10. The van der Waals surface area contributed by atoms with Crippen LogP contribution >= 0.6 is 0 Å². The van der Waals surface area contributed by atoms with Crippen LogP contribution in [0.4, 0.5) is 4.39 Å². The fraction of sp³-hybridized carbons (Fsp3) is 0.529. The predicted molar refractivity (Wildman–Crippen MR) is 90.1 cm³/mol. The molecule has 1 aromatic rings. The van der Waals surface area contributed by atoms with E-state index in [1.54, 1.807) is 31.1 Å². The van der Waals surface area contributed by atoms with Crippen LogP contribution in [-0.4, -0.2) is 54.6 Å². The first-order valence-corrected chi connectivity index (χ1v) is 7.99. The molecule has 1 aromatic carbocycles. The monoisotopic (exact) mass is 339 g/mol. The Hall–Kier alpha value is -1.99. The molecule has 0 aliphatic carbocycles. The number of carbonyl (C=O) groups excluding carboxylic acids is 1. The molecule has 4 N–H and O–H groups in total. The van der Waals surface area contributed by atoms with Gasteiger partial charge in [0.25, 0.3) is 0 Å². The van der Waals surface area contributed by atoms with Gasteiger partial charge >= 0.3 is 5.97 Å². The Morgan fingerprint density at radius 1 is 1.25 bits per heavy atom. The number of nitrogens with zero attached hydrogens (tertiary/aromatic N) is 1. The third-order valence-corrected chi connectivity index (χ3v) is 3.83. The number of halogens is 1. The molecule has 0 heterocycles. The zero-order chi connectivity index (χ0) is 18.1. The van der Waals surface area contributed by atoms with Crippen LogP contribution < -0.4 is 11.1 Å². The Balaban J connectivity index is 2.73. The summed E-state index contributed by atoms with van der Waals surface area (Å²) >= 11 is 0. The lowest BCUT2D eigenvalue weighted by molar-refractivity contribution is -0.142. The van der Waals surface area contributed by atoms with Crippen LogP contribution in [0.3, 0.4) is 0 Å². The van der Waals surface area contributed by atoms with Crippen LogP contribution in [0.2, 0.25) is 0 Å². The maximum absolute atomic E-state index is 13.0. The van der Waals surface area contributed by atoms with Crippen molar-refractivity contribution in [1.29, 1.82) is 0 Å². The highest BCUT2D eigenvalue weighted by Crippen LogP contribution is 2.10. The molecule has 0 bridgehead atoms. The van der Waals surface area contributed by atoms with Gasteiger partial charge in [-0.05, 0) is 64.0 Å². The predicted octanol–water partition coefficient (Wildman–Crippen LogP) is 0.997. The molecule has 1 amide bonds. The highest BCUT2D eigenvalue weighted by molar-refractivity contribution is 5.87. The van der Waals surface area contributed by atoms with Gasteiger partial charge in [-0.3, -0.25) is 9.69 Å². The van der Waals surface area contributed by atoms with Crippen LogP contribution in [0.1, 0.15) is 24.8 Å².